The summed E-state index contributed by atoms with van der Waals surface area (Å²) in [4.78, 5) is 2.61. The maximum absolute atomic E-state index is 5.83. The lowest BCUT2D eigenvalue weighted by Crippen LogP contribution is -2.53. The van der Waals surface area contributed by atoms with E-state index in [1.165, 1.54) is 5.56 Å². The van der Waals surface area contributed by atoms with E-state index in [0.717, 1.165) is 51.4 Å². The third kappa shape index (κ3) is 4.35. The van der Waals surface area contributed by atoms with Gasteiger partial charge in [0.15, 0.2) is 0 Å². The molecule has 0 aliphatic carbocycles. The standard InChI is InChI=1S/C23H27NO2/c1-3-8-19(9-4-1)16-24-21-14-20(15-22(24)18-25-17-21)10-7-13-26-23-11-5-2-6-12-23/h1-6,8-9,11-12,14,21-22H,7,10,13,15-18H2. The van der Waals surface area contributed by atoms with E-state index in [0.29, 0.717) is 12.1 Å². The van der Waals surface area contributed by atoms with Gasteiger partial charge in [0.25, 0.3) is 0 Å². The van der Waals surface area contributed by atoms with Gasteiger partial charge in [-0.25, -0.2) is 0 Å². The monoisotopic (exact) mass is 349 g/mol. The Morgan fingerprint density at radius 1 is 0.962 bits per heavy atom. The van der Waals surface area contributed by atoms with Crippen LogP contribution in [0.1, 0.15) is 24.8 Å². The van der Waals surface area contributed by atoms with E-state index in [1.807, 2.05) is 30.3 Å². The zero-order valence-electron chi connectivity index (χ0n) is 15.2. The SMILES string of the molecule is C1=C(CCCOc2ccccc2)CC2COCC1N2Cc1ccccc1. The molecular weight excluding hydrogens is 322 g/mol. The van der Waals surface area contributed by atoms with Crippen LogP contribution in [-0.4, -0.2) is 36.8 Å². The van der Waals surface area contributed by atoms with Gasteiger partial charge in [0, 0.05) is 12.6 Å². The van der Waals surface area contributed by atoms with Crippen molar-refractivity contribution in [1.82, 2.24) is 4.90 Å². The summed E-state index contributed by atoms with van der Waals surface area (Å²) >= 11 is 0. The van der Waals surface area contributed by atoms with Gasteiger partial charge >= 0.3 is 0 Å². The normalized spacial score (nSPS) is 22.7. The molecule has 2 bridgehead atoms. The number of hydrogen-bond donors (Lipinski definition) is 0. The van der Waals surface area contributed by atoms with Gasteiger partial charge in [-0.3, -0.25) is 4.90 Å². The Hall–Kier alpha value is -2.10. The predicted molar refractivity (Wildman–Crippen MR) is 104 cm³/mol. The topological polar surface area (TPSA) is 21.7 Å². The molecular formula is C23H27NO2. The van der Waals surface area contributed by atoms with Crippen molar-refractivity contribution < 1.29 is 9.47 Å². The summed E-state index contributed by atoms with van der Waals surface area (Å²) in [5.41, 5.74) is 2.96. The van der Waals surface area contributed by atoms with Crippen molar-refractivity contribution in [3.63, 3.8) is 0 Å². The second kappa shape index (κ2) is 8.52. The van der Waals surface area contributed by atoms with Crippen molar-refractivity contribution in [2.45, 2.75) is 37.9 Å². The molecule has 2 aliphatic heterocycles. The van der Waals surface area contributed by atoms with Crippen LogP contribution in [0.15, 0.2) is 72.3 Å². The van der Waals surface area contributed by atoms with Gasteiger partial charge in [0.2, 0.25) is 0 Å². The van der Waals surface area contributed by atoms with Crippen LogP contribution in [-0.2, 0) is 11.3 Å². The van der Waals surface area contributed by atoms with Gasteiger partial charge in [-0.15, -0.1) is 0 Å². The van der Waals surface area contributed by atoms with Gasteiger partial charge in [-0.1, -0.05) is 60.2 Å². The Morgan fingerprint density at radius 3 is 2.50 bits per heavy atom. The number of hydrogen-bond acceptors (Lipinski definition) is 3. The molecule has 0 aromatic heterocycles. The van der Waals surface area contributed by atoms with Crippen LogP contribution in [0.2, 0.25) is 0 Å². The van der Waals surface area contributed by atoms with Crippen LogP contribution < -0.4 is 4.74 Å². The number of fused-ring (bicyclic) bond motifs is 2. The number of morpholine rings is 1. The first-order chi connectivity index (χ1) is 12.9. The second-order valence-electron chi connectivity index (χ2n) is 7.21. The van der Waals surface area contributed by atoms with Crippen molar-refractivity contribution in [2.75, 3.05) is 19.8 Å². The van der Waals surface area contributed by atoms with Crippen LogP contribution >= 0.6 is 0 Å². The molecule has 0 N–H and O–H groups in total. The number of nitrogens with zero attached hydrogens (tertiary/aromatic N) is 1. The molecule has 0 amide bonds. The largest absolute Gasteiger partial charge is 0.494 e. The average molecular weight is 349 g/mol. The lowest BCUT2D eigenvalue weighted by molar-refractivity contribution is -0.0442. The van der Waals surface area contributed by atoms with Crippen molar-refractivity contribution in [1.29, 1.82) is 0 Å². The highest BCUT2D eigenvalue weighted by molar-refractivity contribution is 5.21. The summed E-state index contributed by atoms with van der Waals surface area (Å²) in [6.07, 6.45) is 5.76. The fourth-order valence-corrected chi connectivity index (χ4v) is 3.98. The van der Waals surface area contributed by atoms with Crippen LogP contribution in [0.4, 0.5) is 0 Å². The van der Waals surface area contributed by atoms with Crippen molar-refractivity contribution in [3.8, 4) is 5.75 Å². The Morgan fingerprint density at radius 2 is 1.73 bits per heavy atom. The van der Waals surface area contributed by atoms with Gasteiger partial charge in [0.05, 0.1) is 25.9 Å². The number of benzene rings is 2. The zero-order chi connectivity index (χ0) is 17.6. The molecule has 26 heavy (non-hydrogen) atoms. The molecule has 2 aromatic rings. The van der Waals surface area contributed by atoms with E-state index < -0.39 is 0 Å². The van der Waals surface area contributed by atoms with Crippen LogP contribution in [0.3, 0.4) is 0 Å². The van der Waals surface area contributed by atoms with E-state index in [-0.39, 0.29) is 0 Å². The minimum Gasteiger partial charge on any atom is -0.494 e. The van der Waals surface area contributed by atoms with E-state index in [1.54, 1.807) is 5.57 Å². The molecule has 0 saturated carbocycles. The molecule has 136 valence electrons. The molecule has 0 spiro atoms. The zero-order valence-corrected chi connectivity index (χ0v) is 15.2. The van der Waals surface area contributed by atoms with Gasteiger partial charge in [0.1, 0.15) is 5.75 Å². The van der Waals surface area contributed by atoms with E-state index >= 15 is 0 Å². The molecule has 0 radical (unpaired) electrons. The van der Waals surface area contributed by atoms with Crippen LogP contribution in [0.25, 0.3) is 0 Å². The first kappa shape index (κ1) is 17.3. The molecule has 2 atom stereocenters. The van der Waals surface area contributed by atoms with Gasteiger partial charge in [-0.2, -0.15) is 0 Å². The summed E-state index contributed by atoms with van der Waals surface area (Å²) in [5.74, 6) is 0.962. The molecule has 2 heterocycles. The minimum absolute atomic E-state index is 0.410. The Kier molecular flexibility index (Phi) is 5.68. The van der Waals surface area contributed by atoms with Crippen LogP contribution in [0.5, 0.6) is 5.75 Å². The Bertz CT molecular complexity index is 714. The fraction of sp³-hybridized carbons (Fsp3) is 0.391. The minimum atomic E-state index is 0.410. The van der Waals surface area contributed by atoms with Crippen molar-refractivity contribution in [3.05, 3.63) is 77.9 Å². The Labute approximate surface area is 156 Å². The summed E-state index contributed by atoms with van der Waals surface area (Å²) in [6.45, 7) is 3.45. The number of rotatable bonds is 7. The Balaban J connectivity index is 1.31. The van der Waals surface area contributed by atoms with Gasteiger partial charge < -0.3 is 9.47 Å². The quantitative estimate of drug-likeness (QED) is 0.545. The molecule has 1 fully saturated rings. The first-order valence-corrected chi connectivity index (χ1v) is 9.63. The first-order valence-electron chi connectivity index (χ1n) is 9.63. The highest BCUT2D eigenvalue weighted by Gasteiger charge is 2.34. The summed E-state index contributed by atoms with van der Waals surface area (Å²) < 4.78 is 11.7. The third-order valence-corrected chi connectivity index (χ3v) is 5.28. The fourth-order valence-electron chi connectivity index (χ4n) is 3.98. The highest BCUT2D eigenvalue weighted by atomic mass is 16.5. The average Bonchev–Trinajstić information content (AvgIpc) is 2.67. The lowest BCUT2D eigenvalue weighted by Gasteiger charge is -2.45. The summed E-state index contributed by atoms with van der Waals surface area (Å²) in [5, 5.41) is 0. The van der Waals surface area contributed by atoms with E-state index in [2.05, 4.69) is 41.3 Å². The maximum Gasteiger partial charge on any atom is 0.119 e. The third-order valence-electron chi connectivity index (χ3n) is 5.28. The molecule has 2 aromatic carbocycles. The lowest BCUT2D eigenvalue weighted by atomic mass is 9.91. The smallest absolute Gasteiger partial charge is 0.119 e. The van der Waals surface area contributed by atoms with Crippen molar-refractivity contribution >= 4 is 0 Å². The number of ether oxygens (including phenoxy) is 2. The second-order valence-corrected chi connectivity index (χ2v) is 7.21. The maximum atomic E-state index is 5.83. The summed E-state index contributed by atoms with van der Waals surface area (Å²) in [6, 6.07) is 21.8. The molecule has 2 unspecified atom stereocenters. The number of para-hydroxylation sites is 1. The van der Waals surface area contributed by atoms with Crippen LogP contribution in [0, 0.1) is 0 Å². The van der Waals surface area contributed by atoms with E-state index in [4.69, 9.17) is 9.47 Å². The van der Waals surface area contributed by atoms with E-state index in [9.17, 15) is 0 Å². The molecule has 4 rings (SSSR count). The van der Waals surface area contributed by atoms with Crippen molar-refractivity contribution in [2.24, 2.45) is 0 Å². The predicted octanol–water partition coefficient (Wildman–Crippen LogP) is 4.45. The summed E-state index contributed by atoms with van der Waals surface area (Å²) in [7, 11) is 0. The molecule has 1 saturated heterocycles. The molecule has 2 aliphatic rings. The van der Waals surface area contributed by atoms with Gasteiger partial charge in [-0.05, 0) is 37.0 Å². The molecule has 3 nitrogen and oxygen atoms in total. The molecule has 3 heteroatoms. The highest BCUT2D eigenvalue weighted by Crippen LogP contribution is 2.30.